The average molecular weight is 346 g/mol. The molecule has 26 heavy (non-hydrogen) atoms. The van der Waals surface area contributed by atoms with Gasteiger partial charge >= 0.3 is 6.09 Å². The third-order valence-corrected chi connectivity index (χ3v) is 3.90. The number of nitrogens with zero attached hydrogens (tertiary/aromatic N) is 3. The van der Waals surface area contributed by atoms with Gasteiger partial charge in [0.15, 0.2) is 5.82 Å². The molecule has 130 valence electrons. The van der Waals surface area contributed by atoms with Gasteiger partial charge in [-0.05, 0) is 31.0 Å². The highest BCUT2D eigenvalue weighted by atomic mass is 16.5. The number of nitrogens with one attached hydrogen (secondary N) is 1. The lowest BCUT2D eigenvalue weighted by Gasteiger charge is -2.12. The largest absolute Gasteiger partial charge is 0.444 e. The number of carbonyl (C=O) groups is 1. The van der Waals surface area contributed by atoms with Gasteiger partial charge in [-0.2, -0.15) is 10.4 Å². The Balaban J connectivity index is 1.82. The normalized spacial score (nSPS) is 10.2. The highest BCUT2D eigenvalue weighted by Crippen LogP contribution is 2.23. The summed E-state index contributed by atoms with van der Waals surface area (Å²) in [6.45, 7) is 4.10. The van der Waals surface area contributed by atoms with E-state index in [1.54, 1.807) is 0 Å². The quantitative estimate of drug-likeness (QED) is 0.771. The molecule has 6 heteroatoms. The molecule has 0 aliphatic carbocycles. The minimum absolute atomic E-state index is 0.145. The van der Waals surface area contributed by atoms with Gasteiger partial charge in [-0.25, -0.2) is 9.48 Å². The number of carbonyl (C=O) groups excluding carboxylic acids is 1. The summed E-state index contributed by atoms with van der Waals surface area (Å²) in [4.78, 5) is 12.2. The molecule has 0 radical (unpaired) electrons. The van der Waals surface area contributed by atoms with Crippen LogP contribution in [0.4, 0.5) is 10.6 Å². The van der Waals surface area contributed by atoms with Gasteiger partial charge in [0.1, 0.15) is 18.2 Å². The van der Waals surface area contributed by atoms with Crippen LogP contribution >= 0.6 is 0 Å². The summed E-state index contributed by atoms with van der Waals surface area (Å²) in [7, 11) is 0. The monoisotopic (exact) mass is 346 g/mol. The molecule has 1 amide bonds. The molecular weight excluding hydrogens is 328 g/mol. The van der Waals surface area contributed by atoms with Crippen LogP contribution < -0.4 is 5.32 Å². The zero-order valence-electron chi connectivity index (χ0n) is 14.6. The summed E-state index contributed by atoms with van der Waals surface area (Å²) in [5.41, 5.74) is 4.04. The number of rotatable bonds is 4. The van der Waals surface area contributed by atoms with Crippen LogP contribution in [0.2, 0.25) is 0 Å². The number of aromatic nitrogens is 2. The predicted molar refractivity (Wildman–Crippen MR) is 98.0 cm³/mol. The van der Waals surface area contributed by atoms with Gasteiger partial charge in [-0.15, -0.1) is 0 Å². The van der Waals surface area contributed by atoms with Crippen molar-refractivity contribution in [3.8, 4) is 11.8 Å². The number of ether oxygens (including phenoxy) is 1. The minimum Gasteiger partial charge on any atom is -0.444 e. The maximum Gasteiger partial charge on any atom is 0.413 e. The molecule has 0 aliphatic heterocycles. The lowest BCUT2D eigenvalue weighted by Crippen LogP contribution is -2.17. The van der Waals surface area contributed by atoms with Crippen LogP contribution in [-0.2, 0) is 11.3 Å². The van der Waals surface area contributed by atoms with Gasteiger partial charge in [-0.3, -0.25) is 5.32 Å². The minimum atomic E-state index is -0.642. The number of hydrogen-bond acceptors (Lipinski definition) is 4. The first-order valence-corrected chi connectivity index (χ1v) is 8.12. The van der Waals surface area contributed by atoms with E-state index in [9.17, 15) is 10.1 Å². The fourth-order valence-electron chi connectivity index (χ4n) is 2.63. The predicted octanol–water partition coefficient (Wildman–Crippen LogP) is 4.11. The number of amides is 1. The number of benzene rings is 2. The van der Waals surface area contributed by atoms with Crippen LogP contribution in [0.3, 0.4) is 0 Å². The van der Waals surface area contributed by atoms with Gasteiger partial charge in [0.25, 0.3) is 0 Å². The van der Waals surface area contributed by atoms with Gasteiger partial charge < -0.3 is 4.74 Å². The van der Waals surface area contributed by atoms with Crippen molar-refractivity contribution >= 4 is 11.9 Å². The highest BCUT2D eigenvalue weighted by Gasteiger charge is 2.17. The number of nitriles is 1. The molecule has 3 aromatic rings. The van der Waals surface area contributed by atoms with Gasteiger partial charge in [0.05, 0.1) is 11.9 Å². The first kappa shape index (κ1) is 17.2. The second-order valence-corrected chi connectivity index (χ2v) is 5.91. The Bertz CT molecular complexity index is 971. The van der Waals surface area contributed by atoms with Crippen molar-refractivity contribution < 1.29 is 9.53 Å². The summed E-state index contributed by atoms with van der Waals surface area (Å²) < 4.78 is 6.78. The van der Waals surface area contributed by atoms with E-state index in [-0.39, 0.29) is 18.0 Å². The molecule has 1 aromatic heterocycles. The fourth-order valence-corrected chi connectivity index (χ4v) is 2.63. The molecule has 0 fully saturated rings. The number of hydrogen-bond donors (Lipinski definition) is 1. The van der Waals surface area contributed by atoms with Gasteiger partial charge in [0, 0.05) is 0 Å². The van der Waals surface area contributed by atoms with Crippen LogP contribution in [0.15, 0.2) is 54.7 Å². The molecule has 0 aliphatic rings. The van der Waals surface area contributed by atoms with E-state index >= 15 is 0 Å². The number of anilines is 1. The Morgan fingerprint density at radius 3 is 2.69 bits per heavy atom. The molecule has 0 unspecified atom stereocenters. The lowest BCUT2D eigenvalue weighted by molar-refractivity contribution is 0.155. The Morgan fingerprint density at radius 2 is 2.00 bits per heavy atom. The molecule has 2 aromatic carbocycles. The molecule has 1 N–H and O–H groups in total. The van der Waals surface area contributed by atoms with Crippen LogP contribution in [0.25, 0.3) is 5.69 Å². The molecule has 3 rings (SSSR count). The van der Waals surface area contributed by atoms with Crippen molar-refractivity contribution in [1.82, 2.24) is 9.78 Å². The second-order valence-electron chi connectivity index (χ2n) is 5.91. The maximum absolute atomic E-state index is 12.2. The summed E-state index contributed by atoms with van der Waals surface area (Å²) >= 11 is 0. The zero-order chi connectivity index (χ0) is 18.5. The Kier molecular flexibility index (Phi) is 4.99. The van der Waals surface area contributed by atoms with Crippen molar-refractivity contribution in [2.45, 2.75) is 20.5 Å². The van der Waals surface area contributed by atoms with Crippen LogP contribution in [-0.4, -0.2) is 15.9 Å². The van der Waals surface area contributed by atoms with E-state index in [1.807, 2.05) is 68.4 Å². The van der Waals surface area contributed by atoms with E-state index in [0.29, 0.717) is 0 Å². The summed E-state index contributed by atoms with van der Waals surface area (Å²) in [5, 5.41) is 16.2. The van der Waals surface area contributed by atoms with E-state index in [4.69, 9.17) is 4.74 Å². The van der Waals surface area contributed by atoms with Crippen LogP contribution in [0.5, 0.6) is 0 Å². The molecule has 0 bridgehead atoms. The van der Waals surface area contributed by atoms with E-state index in [1.165, 1.54) is 10.9 Å². The smallest absolute Gasteiger partial charge is 0.413 e. The second kappa shape index (κ2) is 7.53. The summed E-state index contributed by atoms with van der Waals surface area (Å²) in [6, 6.07) is 17.3. The molecule has 1 heterocycles. The standard InChI is InChI=1S/C20H18N4O2/c1-14-8-9-18(15(2)10-14)24-19(17(11-21)12-22-24)23-20(25)26-13-16-6-4-3-5-7-16/h3-10,12H,13H2,1-2H3,(H,23,25). The van der Waals surface area contributed by atoms with Crippen molar-refractivity contribution in [3.05, 3.63) is 77.0 Å². The van der Waals surface area contributed by atoms with E-state index in [2.05, 4.69) is 10.4 Å². The van der Waals surface area contributed by atoms with Crippen molar-refractivity contribution in [2.75, 3.05) is 5.32 Å². The molecule has 6 nitrogen and oxygen atoms in total. The molecule has 0 atom stereocenters. The summed E-state index contributed by atoms with van der Waals surface area (Å²) in [6.07, 6.45) is 0.781. The molecule has 0 saturated carbocycles. The van der Waals surface area contributed by atoms with E-state index < -0.39 is 6.09 Å². The van der Waals surface area contributed by atoms with Crippen molar-refractivity contribution in [3.63, 3.8) is 0 Å². The number of aryl methyl sites for hydroxylation is 2. The molecular formula is C20H18N4O2. The first-order chi connectivity index (χ1) is 12.6. The van der Waals surface area contributed by atoms with Crippen LogP contribution in [0.1, 0.15) is 22.3 Å². The zero-order valence-corrected chi connectivity index (χ0v) is 14.6. The van der Waals surface area contributed by atoms with Crippen molar-refractivity contribution in [1.29, 1.82) is 5.26 Å². The van der Waals surface area contributed by atoms with Gasteiger partial charge in [-0.1, -0.05) is 48.0 Å². The Hall–Kier alpha value is -3.59. The SMILES string of the molecule is Cc1ccc(-n2ncc(C#N)c2NC(=O)OCc2ccccc2)c(C)c1. The highest BCUT2D eigenvalue weighted by molar-refractivity contribution is 5.85. The first-order valence-electron chi connectivity index (χ1n) is 8.12. The Labute approximate surface area is 151 Å². The maximum atomic E-state index is 12.2. The topological polar surface area (TPSA) is 79.9 Å². The fraction of sp³-hybridized carbons (Fsp3) is 0.150. The average Bonchev–Trinajstić information content (AvgIpc) is 3.03. The third-order valence-electron chi connectivity index (χ3n) is 3.90. The van der Waals surface area contributed by atoms with E-state index in [0.717, 1.165) is 22.4 Å². The molecule has 0 saturated heterocycles. The lowest BCUT2D eigenvalue weighted by atomic mass is 10.1. The molecule has 0 spiro atoms. The Morgan fingerprint density at radius 1 is 1.23 bits per heavy atom. The van der Waals surface area contributed by atoms with Crippen LogP contribution in [0, 0.1) is 25.2 Å². The van der Waals surface area contributed by atoms with Crippen molar-refractivity contribution in [2.24, 2.45) is 0 Å². The van der Waals surface area contributed by atoms with Gasteiger partial charge in [0.2, 0.25) is 0 Å². The summed E-state index contributed by atoms with van der Waals surface area (Å²) in [5.74, 6) is 0.289. The third kappa shape index (κ3) is 3.73.